The number of para-hydroxylation sites is 2. The highest BCUT2D eigenvalue weighted by Crippen LogP contribution is 2.28. The van der Waals surface area contributed by atoms with Crippen LogP contribution in [0.4, 0.5) is 11.4 Å². The van der Waals surface area contributed by atoms with Gasteiger partial charge >= 0.3 is 0 Å². The zero-order valence-corrected chi connectivity index (χ0v) is 19.0. The predicted octanol–water partition coefficient (Wildman–Crippen LogP) is 5.41. The van der Waals surface area contributed by atoms with Gasteiger partial charge in [-0.2, -0.15) is 0 Å². The maximum atomic E-state index is 13.0. The number of nitrogens with one attached hydrogen (secondary N) is 2. The van der Waals surface area contributed by atoms with E-state index in [9.17, 15) is 13.2 Å². The molecule has 0 aromatic heterocycles. The van der Waals surface area contributed by atoms with E-state index in [1.54, 1.807) is 30.3 Å². The third-order valence-corrected chi connectivity index (χ3v) is 6.39. The predicted molar refractivity (Wildman–Crippen MR) is 124 cm³/mol. The maximum Gasteiger partial charge on any atom is 0.263 e. The number of rotatable bonds is 7. The molecule has 8 heteroatoms. The first-order chi connectivity index (χ1) is 14.7. The Morgan fingerprint density at radius 2 is 1.74 bits per heavy atom. The summed E-state index contributed by atoms with van der Waals surface area (Å²) in [5.74, 6) is 0.0449. The highest BCUT2D eigenvalue weighted by Gasteiger charge is 2.21. The summed E-state index contributed by atoms with van der Waals surface area (Å²) >= 11 is 6.17. The van der Waals surface area contributed by atoms with Crippen molar-refractivity contribution >= 4 is 38.9 Å². The van der Waals surface area contributed by atoms with Gasteiger partial charge in [-0.1, -0.05) is 41.4 Å². The Hall–Kier alpha value is -3.03. The summed E-state index contributed by atoms with van der Waals surface area (Å²) < 4.78 is 34.0. The maximum absolute atomic E-state index is 13.0. The molecule has 0 saturated heterocycles. The van der Waals surface area contributed by atoms with E-state index in [0.717, 1.165) is 11.1 Å². The third-order valence-electron chi connectivity index (χ3n) is 4.54. The smallest absolute Gasteiger partial charge is 0.263 e. The van der Waals surface area contributed by atoms with Crippen LogP contribution in [-0.2, 0) is 10.0 Å². The first-order valence-corrected chi connectivity index (χ1v) is 11.5. The minimum Gasteiger partial charge on any atom is -0.492 e. The number of aryl methyl sites for hydroxylation is 2. The van der Waals surface area contributed by atoms with Gasteiger partial charge in [0.15, 0.2) is 0 Å². The summed E-state index contributed by atoms with van der Waals surface area (Å²) in [4.78, 5) is 12.6. The van der Waals surface area contributed by atoms with Gasteiger partial charge in [-0.15, -0.1) is 0 Å². The molecule has 31 heavy (non-hydrogen) atoms. The molecule has 3 rings (SSSR count). The van der Waals surface area contributed by atoms with Crippen molar-refractivity contribution in [1.29, 1.82) is 0 Å². The van der Waals surface area contributed by atoms with Crippen molar-refractivity contribution in [2.45, 2.75) is 25.7 Å². The van der Waals surface area contributed by atoms with E-state index in [2.05, 4.69) is 10.0 Å². The Balaban J connectivity index is 1.90. The lowest BCUT2D eigenvalue weighted by Crippen LogP contribution is -2.17. The second-order valence-electron chi connectivity index (χ2n) is 6.95. The van der Waals surface area contributed by atoms with E-state index < -0.39 is 15.9 Å². The first kappa shape index (κ1) is 22.7. The Bertz CT molecular complexity index is 1230. The van der Waals surface area contributed by atoms with Gasteiger partial charge in [0, 0.05) is 5.56 Å². The molecule has 1 amide bonds. The van der Waals surface area contributed by atoms with Crippen LogP contribution in [0.5, 0.6) is 5.75 Å². The number of anilines is 2. The molecular formula is C23H23ClN2O4S. The van der Waals surface area contributed by atoms with Gasteiger partial charge in [-0.25, -0.2) is 8.42 Å². The molecule has 0 heterocycles. The quantitative estimate of drug-likeness (QED) is 0.495. The average Bonchev–Trinajstić information content (AvgIpc) is 2.72. The van der Waals surface area contributed by atoms with Crippen LogP contribution in [0.1, 0.15) is 28.4 Å². The van der Waals surface area contributed by atoms with E-state index in [1.807, 2.05) is 32.9 Å². The third kappa shape index (κ3) is 5.37. The number of sulfonamides is 1. The summed E-state index contributed by atoms with van der Waals surface area (Å²) in [6.45, 7) is 6.03. The van der Waals surface area contributed by atoms with Gasteiger partial charge in [0.05, 0.1) is 23.0 Å². The molecule has 0 spiro atoms. The van der Waals surface area contributed by atoms with Crippen molar-refractivity contribution in [2.24, 2.45) is 0 Å². The van der Waals surface area contributed by atoms with Crippen LogP contribution in [0.3, 0.4) is 0 Å². The van der Waals surface area contributed by atoms with E-state index in [0.29, 0.717) is 23.7 Å². The molecule has 6 nitrogen and oxygen atoms in total. The molecular weight excluding hydrogens is 436 g/mol. The summed E-state index contributed by atoms with van der Waals surface area (Å²) in [6, 6.07) is 16.5. The van der Waals surface area contributed by atoms with Crippen molar-refractivity contribution in [3.05, 3.63) is 82.4 Å². The van der Waals surface area contributed by atoms with Gasteiger partial charge in [-0.3, -0.25) is 9.52 Å². The Morgan fingerprint density at radius 3 is 2.45 bits per heavy atom. The molecule has 0 fully saturated rings. The second-order valence-corrected chi connectivity index (χ2v) is 9.01. The van der Waals surface area contributed by atoms with Gasteiger partial charge in [0.1, 0.15) is 10.6 Å². The van der Waals surface area contributed by atoms with Crippen LogP contribution in [0.25, 0.3) is 0 Å². The first-order valence-electron chi connectivity index (χ1n) is 9.64. The Morgan fingerprint density at radius 1 is 1.00 bits per heavy atom. The fraction of sp³-hybridized carbons (Fsp3) is 0.174. The highest BCUT2D eigenvalue weighted by molar-refractivity contribution is 7.92. The molecule has 162 valence electrons. The molecule has 0 aliphatic carbocycles. The molecule has 3 aromatic rings. The van der Waals surface area contributed by atoms with E-state index in [1.165, 1.54) is 18.2 Å². The van der Waals surface area contributed by atoms with Crippen LogP contribution in [0.15, 0.2) is 65.6 Å². The molecule has 0 unspecified atom stereocenters. The number of carbonyl (C=O) groups excluding carboxylic acids is 1. The number of ether oxygens (including phenoxy) is 1. The molecule has 0 atom stereocenters. The van der Waals surface area contributed by atoms with Gasteiger partial charge in [-0.05, 0) is 62.7 Å². The van der Waals surface area contributed by atoms with Crippen molar-refractivity contribution in [1.82, 2.24) is 0 Å². The lowest BCUT2D eigenvalue weighted by molar-refractivity contribution is 0.102. The lowest BCUT2D eigenvalue weighted by Gasteiger charge is -2.14. The van der Waals surface area contributed by atoms with Crippen molar-refractivity contribution < 1.29 is 17.9 Å². The summed E-state index contributed by atoms with van der Waals surface area (Å²) in [5.41, 5.74) is 2.88. The number of benzene rings is 3. The van der Waals surface area contributed by atoms with Crippen LogP contribution >= 0.6 is 11.6 Å². The minimum absolute atomic E-state index is 0.0172. The molecule has 3 aromatic carbocycles. The Labute approximate surface area is 187 Å². The number of halogens is 1. The number of amides is 1. The summed E-state index contributed by atoms with van der Waals surface area (Å²) in [7, 11) is -4.01. The summed E-state index contributed by atoms with van der Waals surface area (Å²) in [6.07, 6.45) is 0. The summed E-state index contributed by atoms with van der Waals surface area (Å²) in [5, 5.41) is 2.77. The average molecular weight is 459 g/mol. The van der Waals surface area contributed by atoms with Crippen molar-refractivity contribution in [3.63, 3.8) is 0 Å². The number of carbonyl (C=O) groups is 1. The Kier molecular flexibility index (Phi) is 6.87. The highest BCUT2D eigenvalue weighted by atomic mass is 35.5. The van der Waals surface area contributed by atoms with E-state index in [-0.39, 0.29) is 15.5 Å². The molecule has 0 aliphatic rings. The van der Waals surface area contributed by atoms with Gasteiger partial charge in [0.25, 0.3) is 15.9 Å². The normalized spacial score (nSPS) is 11.1. The molecule has 0 bridgehead atoms. The second kappa shape index (κ2) is 9.41. The van der Waals surface area contributed by atoms with Gasteiger partial charge in [0.2, 0.25) is 0 Å². The van der Waals surface area contributed by atoms with Crippen LogP contribution in [0.2, 0.25) is 5.02 Å². The molecule has 2 N–H and O–H groups in total. The van der Waals surface area contributed by atoms with Crippen molar-refractivity contribution in [2.75, 3.05) is 16.6 Å². The van der Waals surface area contributed by atoms with E-state index in [4.69, 9.17) is 16.3 Å². The minimum atomic E-state index is -4.01. The zero-order valence-electron chi connectivity index (χ0n) is 17.4. The number of hydrogen-bond donors (Lipinski definition) is 2. The SMILES string of the molecule is CCOc1ccccc1NC(=O)c1ccc(Cl)c(S(=O)(=O)Nc2ccc(C)cc2C)c1. The van der Waals surface area contributed by atoms with Crippen LogP contribution in [-0.4, -0.2) is 20.9 Å². The fourth-order valence-corrected chi connectivity index (χ4v) is 4.68. The number of hydrogen-bond acceptors (Lipinski definition) is 4. The van der Waals surface area contributed by atoms with Gasteiger partial charge < -0.3 is 10.1 Å². The molecule has 0 radical (unpaired) electrons. The standard InChI is InChI=1S/C23H23ClN2O4S/c1-4-30-21-8-6-5-7-20(21)25-23(27)17-10-11-18(24)22(14-17)31(28,29)26-19-12-9-15(2)13-16(19)3/h5-14,26H,4H2,1-3H3,(H,25,27). The zero-order chi connectivity index (χ0) is 22.6. The monoisotopic (exact) mass is 458 g/mol. The van der Waals surface area contributed by atoms with Crippen molar-refractivity contribution in [3.8, 4) is 5.75 Å². The van der Waals surface area contributed by atoms with Crippen LogP contribution in [0, 0.1) is 13.8 Å². The van der Waals surface area contributed by atoms with E-state index >= 15 is 0 Å². The lowest BCUT2D eigenvalue weighted by atomic mass is 10.1. The van der Waals surface area contributed by atoms with Crippen LogP contribution < -0.4 is 14.8 Å². The molecule has 0 aliphatic heterocycles. The topological polar surface area (TPSA) is 84.5 Å². The largest absolute Gasteiger partial charge is 0.492 e. The molecule has 0 saturated carbocycles. The fourth-order valence-electron chi connectivity index (χ4n) is 3.02.